The summed E-state index contributed by atoms with van der Waals surface area (Å²) in [5.41, 5.74) is 3.58. The number of carbonyl (C=O) groups is 1. The Balaban J connectivity index is 1.59. The minimum atomic E-state index is -1.41. The number of aryl methyl sites for hydroxylation is 1. The lowest BCUT2D eigenvalue weighted by atomic mass is 10.1. The van der Waals surface area contributed by atoms with Crippen molar-refractivity contribution in [2.45, 2.75) is 38.0 Å². The first kappa shape index (κ1) is 22.8. The third-order valence-electron chi connectivity index (χ3n) is 6.00. The molecule has 180 valence electrons. The van der Waals surface area contributed by atoms with Crippen LogP contribution in [0.15, 0.2) is 55.1 Å². The highest BCUT2D eigenvalue weighted by Crippen LogP contribution is 2.34. The van der Waals surface area contributed by atoms with Gasteiger partial charge in [0.05, 0.1) is 6.33 Å². The van der Waals surface area contributed by atoms with E-state index in [1.54, 1.807) is 12.4 Å². The second kappa shape index (κ2) is 9.37. The molecule has 11 heteroatoms. The van der Waals surface area contributed by atoms with Crippen LogP contribution < -0.4 is 10.6 Å². The van der Waals surface area contributed by atoms with Crippen LogP contribution in [-0.2, 0) is 16.1 Å². The lowest BCUT2D eigenvalue weighted by Crippen LogP contribution is -2.41. The number of rotatable bonds is 6. The number of hydrogen-bond donors (Lipinski definition) is 4. The van der Waals surface area contributed by atoms with Crippen molar-refractivity contribution in [2.24, 2.45) is 0 Å². The predicted molar refractivity (Wildman–Crippen MR) is 127 cm³/mol. The molecule has 1 amide bonds. The summed E-state index contributed by atoms with van der Waals surface area (Å²) in [6.45, 7) is 2.42. The number of nitrogens with one attached hydrogen (secondary N) is 2. The van der Waals surface area contributed by atoms with E-state index in [1.807, 2.05) is 43.3 Å². The summed E-state index contributed by atoms with van der Waals surface area (Å²) in [5, 5.41) is 26.9. The number of benzene rings is 1. The van der Waals surface area contributed by atoms with Crippen LogP contribution >= 0.6 is 0 Å². The fourth-order valence-corrected chi connectivity index (χ4v) is 4.10. The highest BCUT2D eigenvalue weighted by atomic mass is 16.6. The summed E-state index contributed by atoms with van der Waals surface area (Å²) in [5.74, 6) is 0.404. The lowest BCUT2D eigenvalue weighted by Gasteiger charge is -2.17. The van der Waals surface area contributed by atoms with E-state index in [-0.39, 0.29) is 0 Å². The number of carbonyl (C=O) groups excluding carboxylic acids is 1. The Labute approximate surface area is 200 Å². The van der Waals surface area contributed by atoms with E-state index in [1.165, 1.54) is 17.9 Å². The van der Waals surface area contributed by atoms with Gasteiger partial charge in [0, 0.05) is 31.5 Å². The molecule has 0 radical (unpaired) electrons. The molecule has 4 N–H and O–H groups in total. The van der Waals surface area contributed by atoms with E-state index in [9.17, 15) is 15.0 Å². The second-order valence-corrected chi connectivity index (χ2v) is 8.29. The normalized spacial score (nSPS) is 21.8. The number of ether oxygens (including phenoxy) is 1. The Morgan fingerprint density at radius 1 is 1.14 bits per heavy atom. The number of likely N-dealkylation sites (N-methyl/N-ethyl adjacent to an activating group) is 1. The van der Waals surface area contributed by atoms with E-state index >= 15 is 0 Å². The number of aliphatic hydroxyl groups is 2. The monoisotopic (exact) mass is 475 g/mol. The van der Waals surface area contributed by atoms with Crippen LogP contribution in [0, 0.1) is 6.92 Å². The van der Waals surface area contributed by atoms with E-state index < -0.39 is 30.4 Å². The Hall–Kier alpha value is -3.93. The van der Waals surface area contributed by atoms with Crippen LogP contribution in [0.4, 0.5) is 5.82 Å². The van der Waals surface area contributed by atoms with Crippen LogP contribution in [0.25, 0.3) is 22.6 Å². The van der Waals surface area contributed by atoms with Gasteiger partial charge in [0.15, 0.2) is 35.1 Å². The minimum absolute atomic E-state index is 0.385. The highest BCUT2D eigenvalue weighted by Gasteiger charge is 2.47. The third kappa shape index (κ3) is 4.20. The highest BCUT2D eigenvalue weighted by molar-refractivity contribution is 5.85. The molecule has 3 aromatic heterocycles. The van der Waals surface area contributed by atoms with Gasteiger partial charge in [-0.05, 0) is 24.1 Å². The molecule has 1 fully saturated rings. The van der Waals surface area contributed by atoms with E-state index in [2.05, 4.69) is 20.6 Å². The summed E-state index contributed by atoms with van der Waals surface area (Å²) in [4.78, 5) is 30.2. The summed E-state index contributed by atoms with van der Waals surface area (Å²) in [6, 6.07) is 11.7. The first-order valence-corrected chi connectivity index (χ1v) is 11.1. The lowest BCUT2D eigenvalue weighted by molar-refractivity contribution is -0.137. The van der Waals surface area contributed by atoms with E-state index in [0.717, 1.165) is 16.7 Å². The molecule has 0 aliphatic carbocycles. The molecule has 5 rings (SSSR count). The van der Waals surface area contributed by atoms with Crippen molar-refractivity contribution in [2.75, 3.05) is 12.4 Å². The van der Waals surface area contributed by atoms with Crippen LogP contribution in [0.2, 0.25) is 0 Å². The first-order chi connectivity index (χ1) is 17.0. The smallest absolute Gasteiger partial charge is 0.251 e. The minimum Gasteiger partial charge on any atom is -0.387 e. The van der Waals surface area contributed by atoms with Gasteiger partial charge in [0.1, 0.15) is 12.2 Å². The van der Waals surface area contributed by atoms with Crippen molar-refractivity contribution in [1.82, 2.24) is 29.8 Å². The van der Waals surface area contributed by atoms with Crippen LogP contribution in [0.3, 0.4) is 0 Å². The molecule has 35 heavy (non-hydrogen) atoms. The maximum absolute atomic E-state index is 12.1. The van der Waals surface area contributed by atoms with E-state index in [4.69, 9.17) is 14.7 Å². The van der Waals surface area contributed by atoms with Crippen LogP contribution in [0.1, 0.15) is 17.4 Å². The molecule has 1 aliphatic heterocycles. The molecule has 0 bridgehead atoms. The van der Waals surface area contributed by atoms with Crippen molar-refractivity contribution >= 4 is 22.9 Å². The number of amides is 1. The summed E-state index contributed by atoms with van der Waals surface area (Å²) < 4.78 is 7.27. The molecule has 1 aromatic carbocycles. The van der Waals surface area contributed by atoms with Crippen molar-refractivity contribution < 1.29 is 19.7 Å². The zero-order valence-electron chi connectivity index (χ0n) is 19.2. The molecule has 4 heterocycles. The molecule has 4 aromatic rings. The Bertz CT molecular complexity index is 1360. The van der Waals surface area contributed by atoms with Gasteiger partial charge < -0.3 is 25.6 Å². The van der Waals surface area contributed by atoms with Gasteiger partial charge in [0.25, 0.3) is 5.91 Å². The zero-order chi connectivity index (χ0) is 24.5. The molecular formula is C24H25N7O4. The Morgan fingerprint density at radius 3 is 2.69 bits per heavy atom. The zero-order valence-corrected chi connectivity index (χ0v) is 19.2. The number of nitrogens with zero attached hydrogens (tertiary/aromatic N) is 5. The molecule has 0 spiro atoms. The summed E-state index contributed by atoms with van der Waals surface area (Å²) >= 11 is 0. The Kier molecular flexibility index (Phi) is 6.12. The fraction of sp³-hybridized carbons (Fsp3) is 0.292. The number of hydrogen-bond acceptors (Lipinski definition) is 9. The topological polar surface area (TPSA) is 147 Å². The standard InChI is InChI=1S/C24H25N7O4/c1-13-10-26-9-8-15(13)20-29-21(27-11-14-6-4-3-5-7-14)16-22(30-20)31(12-28-16)24-18(33)17(32)19(35-24)23(34)25-2/h3-10,12,17-19,24,32-33H,11H2,1-2H3,(H,25,34)(H,27,29,30). The first-order valence-electron chi connectivity index (χ1n) is 11.1. The number of aliphatic hydroxyl groups excluding tert-OH is 2. The molecule has 1 aliphatic rings. The van der Waals surface area contributed by atoms with Crippen molar-refractivity contribution in [1.29, 1.82) is 0 Å². The number of fused-ring (bicyclic) bond motifs is 1. The van der Waals surface area contributed by atoms with Crippen molar-refractivity contribution in [3.63, 3.8) is 0 Å². The maximum Gasteiger partial charge on any atom is 0.251 e. The van der Waals surface area contributed by atoms with Crippen molar-refractivity contribution in [3.05, 3.63) is 66.2 Å². The molecule has 1 saturated heterocycles. The number of anilines is 1. The molecule has 11 nitrogen and oxygen atoms in total. The molecule has 4 atom stereocenters. The SMILES string of the molecule is CNC(=O)C1OC(n2cnc3c(NCc4ccccc4)nc(-c4ccncc4C)nc32)C(O)C1O. The van der Waals surface area contributed by atoms with Gasteiger partial charge in [-0.2, -0.15) is 0 Å². The molecule has 0 saturated carbocycles. The largest absolute Gasteiger partial charge is 0.387 e. The number of aromatic nitrogens is 5. The van der Waals surface area contributed by atoms with Gasteiger partial charge in [-0.1, -0.05) is 30.3 Å². The summed E-state index contributed by atoms with van der Waals surface area (Å²) in [6.07, 6.45) is -0.210. The molecule has 4 unspecified atom stereocenters. The number of imidazole rings is 1. The van der Waals surface area contributed by atoms with E-state index in [0.29, 0.717) is 29.4 Å². The Morgan fingerprint density at radius 2 is 1.94 bits per heavy atom. The number of pyridine rings is 1. The maximum atomic E-state index is 12.1. The summed E-state index contributed by atoms with van der Waals surface area (Å²) in [7, 11) is 1.44. The van der Waals surface area contributed by atoms with Gasteiger partial charge in [-0.3, -0.25) is 14.3 Å². The average Bonchev–Trinajstić information content (AvgIpc) is 3.43. The van der Waals surface area contributed by atoms with Gasteiger partial charge in [-0.15, -0.1) is 0 Å². The van der Waals surface area contributed by atoms with Gasteiger partial charge in [-0.25, -0.2) is 15.0 Å². The third-order valence-corrected chi connectivity index (χ3v) is 6.00. The fourth-order valence-electron chi connectivity index (χ4n) is 4.10. The van der Waals surface area contributed by atoms with Gasteiger partial charge >= 0.3 is 0 Å². The van der Waals surface area contributed by atoms with Crippen LogP contribution in [-0.4, -0.2) is 66.0 Å². The quantitative estimate of drug-likeness (QED) is 0.323. The second-order valence-electron chi connectivity index (χ2n) is 8.29. The predicted octanol–water partition coefficient (Wildman–Crippen LogP) is 1.17. The van der Waals surface area contributed by atoms with Crippen LogP contribution in [0.5, 0.6) is 0 Å². The van der Waals surface area contributed by atoms with Gasteiger partial charge in [0.2, 0.25) is 0 Å². The van der Waals surface area contributed by atoms with Crippen molar-refractivity contribution in [3.8, 4) is 11.4 Å². The molecular weight excluding hydrogens is 450 g/mol. The average molecular weight is 476 g/mol.